The van der Waals surface area contributed by atoms with Gasteiger partial charge in [-0.25, -0.2) is 0 Å². The number of benzene rings is 1. The first-order valence-corrected chi connectivity index (χ1v) is 7.47. The van der Waals surface area contributed by atoms with Crippen LogP contribution in [0.5, 0.6) is 5.75 Å². The van der Waals surface area contributed by atoms with E-state index in [4.69, 9.17) is 10.5 Å². The Bertz CT molecular complexity index is 459. The first-order valence-electron chi connectivity index (χ1n) is 7.47. The summed E-state index contributed by atoms with van der Waals surface area (Å²) in [6.45, 7) is 2.74. The van der Waals surface area contributed by atoms with Crippen molar-refractivity contribution in [1.82, 2.24) is 0 Å². The monoisotopic (exact) mass is 312 g/mol. The fourth-order valence-corrected chi connectivity index (χ4v) is 2.55. The van der Waals surface area contributed by atoms with Crippen LogP contribution >= 0.6 is 12.4 Å². The number of carbonyl (C=O) groups excluding carboxylic acids is 1. The first kappa shape index (κ1) is 17.8. The minimum Gasteiger partial charge on any atom is -0.494 e. The molecule has 118 valence electrons. The molecule has 0 aliphatic heterocycles. The summed E-state index contributed by atoms with van der Waals surface area (Å²) in [4.78, 5) is 12.3. The van der Waals surface area contributed by atoms with E-state index in [-0.39, 0.29) is 18.3 Å². The van der Waals surface area contributed by atoms with Crippen LogP contribution in [-0.4, -0.2) is 18.1 Å². The van der Waals surface area contributed by atoms with Crippen LogP contribution in [0.1, 0.15) is 45.4 Å². The molecule has 2 rings (SSSR count). The Morgan fingerprint density at radius 2 is 2.05 bits per heavy atom. The van der Waals surface area contributed by atoms with E-state index in [0.29, 0.717) is 6.61 Å². The molecule has 0 spiro atoms. The molecule has 1 amide bonds. The van der Waals surface area contributed by atoms with Gasteiger partial charge in [0.05, 0.1) is 12.1 Å². The molecule has 5 heteroatoms. The van der Waals surface area contributed by atoms with Gasteiger partial charge in [-0.2, -0.15) is 0 Å². The van der Waals surface area contributed by atoms with Gasteiger partial charge in [0.25, 0.3) is 0 Å². The van der Waals surface area contributed by atoms with Crippen molar-refractivity contribution in [2.24, 2.45) is 5.73 Å². The third-order valence-corrected chi connectivity index (χ3v) is 3.76. The van der Waals surface area contributed by atoms with Crippen LogP contribution in [0.25, 0.3) is 0 Å². The number of nitrogens with two attached hydrogens (primary N) is 1. The highest BCUT2D eigenvalue weighted by Crippen LogP contribution is 2.27. The van der Waals surface area contributed by atoms with E-state index >= 15 is 0 Å². The summed E-state index contributed by atoms with van der Waals surface area (Å²) in [5.74, 6) is 0.698. The quantitative estimate of drug-likeness (QED) is 0.874. The van der Waals surface area contributed by atoms with Gasteiger partial charge in [0, 0.05) is 11.8 Å². The topological polar surface area (TPSA) is 64.3 Å². The second-order valence-corrected chi connectivity index (χ2v) is 5.55. The zero-order chi connectivity index (χ0) is 14.4. The third-order valence-electron chi connectivity index (χ3n) is 3.76. The lowest BCUT2D eigenvalue weighted by Gasteiger charge is -2.31. The van der Waals surface area contributed by atoms with Crippen molar-refractivity contribution in [2.75, 3.05) is 11.9 Å². The Balaban J connectivity index is 0.00000220. The van der Waals surface area contributed by atoms with E-state index < -0.39 is 5.54 Å². The van der Waals surface area contributed by atoms with E-state index in [9.17, 15) is 4.79 Å². The first-order chi connectivity index (χ1) is 9.64. The zero-order valence-electron chi connectivity index (χ0n) is 12.6. The summed E-state index contributed by atoms with van der Waals surface area (Å²) >= 11 is 0. The number of nitrogens with one attached hydrogen (secondary N) is 1. The molecule has 0 atom stereocenters. The van der Waals surface area contributed by atoms with Crippen molar-refractivity contribution in [2.45, 2.75) is 51.0 Å². The maximum Gasteiger partial charge on any atom is 0.244 e. The molecule has 0 saturated heterocycles. The van der Waals surface area contributed by atoms with Crippen molar-refractivity contribution in [1.29, 1.82) is 0 Å². The van der Waals surface area contributed by atoms with Crippen LogP contribution < -0.4 is 15.8 Å². The van der Waals surface area contributed by atoms with Crippen molar-refractivity contribution < 1.29 is 9.53 Å². The number of halogens is 1. The molecule has 1 saturated carbocycles. The molecule has 1 fully saturated rings. The van der Waals surface area contributed by atoms with Crippen molar-refractivity contribution in [3.05, 3.63) is 24.3 Å². The Hall–Kier alpha value is -1.26. The summed E-state index contributed by atoms with van der Waals surface area (Å²) in [7, 11) is 0. The summed E-state index contributed by atoms with van der Waals surface area (Å²) in [6, 6.07) is 7.48. The van der Waals surface area contributed by atoms with E-state index in [1.165, 1.54) is 6.42 Å². The largest absolute Gasteiger partial charge is 0.494 e. The Labute approximate surface area is 132 Å². The predicted molar refractivity (Wildman–Crippen MR) is 88.1 cm³/mol. The Kier molecular flexibility index (Phi) is 6.99. The maximum absolute atomic E-state index is 12.3. The molecule has 1 aromatic carbocycles. The molecule has 0 unspecified atom stereocenters. The average Bonchev–Trinajstić information content (AvgIpc) is 2.46. The molecule has 0 heterocycles. The lowest BCUT2D eigenvalue weighted by atomic mass is 9.82. The minimum absolute atomic E-state index is 0. The van der Waals surface area contributed by atoms with E-state index in [0.717, 1.165) is 43.5 Å². The lowest BCUT2D eigenvalue weighted by molar-refractivity contribution is -0.122. The Morgan fingerprint density at radius 1 is 1.33 bits per heavy atom. The van der Waals surface area contributed by atoms with Gasteiger partial charge >= 0.3 is 0 Å². The fourth-order valence-electron chi connectivity index (χ4n) is 2.55. The summed E-state index contributed by atoms with van der Waals surface area (Å²) < 4.78 is 5.57. The zero-order valence-corrected chi connectivity index (χ0v) is 13.4. The number of hydrogen-bond donors (Lipinski definition) is 2. The van der Waals surface area contributed by atoms with Crippen LogP contribution in [0.15, 0.2) is 24.3 Å². The molecule has 0 aromatic heterocycles. The maximum atomic E-state index is 12.3. The predicted octanol–water partition coefficient (Wildman–Crippen LogP) is 3.50. The molecule has 21 heavy (non-hydrogen) atoms. The molecule has 0 radical (unpaired) electrons. The van der Waals surface area contributed by atoms with Crippen molar-refractivity contribution >= 4 is 24.0 Å². The van der Waals surface area contributed by atoms with Crippen LogP contribution in [0, 0.1) is 0 Å². The van der Waals surface area contributed by atoms with Gasteiger partial charge in [0.15, 0.2) is 0 Å². The van der Waals surface area contributed by atoms with Gasteiger partial charge < -0.3 is 15.8 Å². The summed E-state index contributed by atoms with van der Waals surface area (Å²) in [5, 5.41) is 2.93. The van der Waals surface area contributed by atoms with Crippen LogP contribution in [0.3, 0.4) is 0 Å². The molecule has 4 nitrogen and oxygen atoms in total. The molecule has 1 aliphatic carbocycles. The minimum atomic E-state index is -0.710. The highest BCUT2D eigenvalue weighted by Gasteiger charge is 2.35. The highest BCUT2D eigenvalue weighted by molar-refractivity contribution is 5.98. The number of ether oxygens (including phenoxy) is 1. The number of rotatable bonds is 5. The van der Waals surface area contributed by atoms with Gasteiger partial charge in [-0.05, 0) is 31.4 Å². The van der Waals surface area contributed by atoms with E-state index in [2.05, 4.69) is 12.2 Å². The molecular formula is C16H25ClN2O2. The van der Waals surface area contributed by atoms with Crippen LogP contribution in [-0.2, 0) is 4.79 Å². The molecule has 3 N–H and O–H groups in total. The normalized spacial score (nSPS) is 16.7. The highest BCUT2D eigenvalue weighted by atomic mass is 35.5. The van der Waals surface area contributed by atoms with Crippen LogP contribution in [0.4, 0.5) is 5.69 Å². The summed E-state index contributed by atoms with van der Waals surface area (Å²) in [5.41, 5.74) is 6.26. The van der Waals surface area contributed by atoms with Crippen molar-refractivity contribution in [3.8, 4) is 5.75 Å². The van der Waals surface area contributed by atoms with Gasteiger partial charge in [0.1, 0.15) is 5.75 Å². The SMILES string of the molecule is CCCOc1cccc(NC(=O)C2(N)CCCCC2)c1.Cl. The standard InChI is InChI=1S/C16H24N2O2.ClH/c1-2-11-20-14-8-6-7-13(12-14)18-15(19)16(17)9-4-3-5-10-16;/h6-8,12H,2-5,9-11,17H2,1H3,(H,18,19);1H. The van der Waals surface area contributed by atoms with Gasteiger partial charge in [-0.1, -0.05) is 32.3 Å². The third kappa shape index (κ3) is 4.90. The fraction of sp³-hybridized carbons (Fsp3) is 0.562. The molecule has 0 bridgehead atoms. The Morgan fingerprint density at radius 3 is 2.71 bits per heavy atom. The average molecular weight is 313 g/mol. The second kappa shape index (κ2) is 8.25. The molecule has 1 aromatic rings. The number of hydrogen-bond acceptors (Lipinski definition) is 3. The van der Waals surface area contributed by atoms with Gasteiger partial charge in [-0.3, -0.25) is 4.79 Å². The number of carbonyl (C=O) groups is 1. The smallest absolute Gasteiger partial charge is 0.244 e. The number of amides is 1. The summed E-state index contributed by atoms with van der Waals surface area (Å²) in [6.07, 6.45) is 5.73. The molecule has 1 aliphatic rings. The van der Waals surface area contributed by atoms with Crippen molar-refractivity contribution in [3.63, 3.8) is 0 Å². The second-order valence-electron chi connectivity index (χ2n) is 5.55. The number of anilines is 1. The molecular weight excluding hydrogens is 288 g/mol. The van der Waals surface area contributed by atoms with E-state index in [1.54, 1.807) is 0 Å². The van der Waals surface area contributed by atoms with Gasteiger partial charge in [-0.15, -0.1) is 12.4 Å². The lowest BCUT2D eigenvalue weighted by Crippen LogP contribution is -2.52. The van der Waals surface area contributed by atoms with E-state index in [1.807, 2.05) is 24.3 Å². The van der Waals surface area contributed by atoms with Crippen LogP contribution in [0.2, 0.25) is 0 Å². The van der Waals surface area contributed by atoms with Gasteiger partial charge in [0.2, 0.25) is 5.91 Å².